The van der Waals surface area contributed by atoms with Crippen LogP contribution >= 0.6 is 0 Å². The number of piperidine rings is 2. The average molecular weight is 424 g/mol. The molecule has 8 nitrogen and oxygen atoms in total. The molecule has 1 N–H and O–H groups in total. The van der Waals surface area contributed by atoms with E-state index in [-0.39, 0.29) is 36.5 Å². The zero-order valence-corrected chi connectivity index (χ0v) is 18.9. The van der Waals surface area contributed by atoms with Crippen molar-refractivity contribution in [2.75, 3.05) is 32.8 Å². The lowest BCUT2D eigenvalue weighted by molar-refractivity contribution is -0.162. The third-order valence-corrected chi connectivity index (χ3v) is 5.76. The van der Waals surface area contributed by atoms with Gasteiger partial charge in [0.2, 0.25) is 5.91 Å². The van der Waals surface area contributed by atoms with E-state index in [0.29, 0.717) is 38.4 Å². The van der Waals surface area contributed by atoms with Crippen LogP contribution in [0.3, 0.4) is 0 Å². The van der Waals surface area contributed by atoms with Gasteiger partial charge in [-0.05, 0) is 59.9 Å². The molecule has 2 fully saturated rings. The number of rotatable bonds is 7. The van der Waals surface area contributed by atoms with Crippen LogP contribution in [0.5, 0.6) is 0 Å². The van der Waals surface area contributed by atoms with E-state index in [1.807, 2.05) is 13.8 Å². The molecule has 0 aromatic carbocycles. The van der Waals surface area contributed by atoms with Gasteiger partial charge >= 0.3 is 12.1 Å². The lowest BCUT2D eigenvalue weighted by Gasteiger charge is -2.46. The van der Waals surface area contributed by atoms with Gasteiger partial charge in [-0.3, -0.25) is 14.5 Å². The number of nitrogens with one attached hydrogen (secondary N) is 1. The molecule has 2 aliphatic heterocycles. The molecule has 0 radical (unpaired) electrons. The zero-order chi connectivity index (χ0) is 22.3. The highest BCUT2D eigenvalue weighted by molar-refractivity contribution is 5.86. The standard InChI is InChI=1S/C22H37N3O5/c1-6-29-20(27)22(14-19(26)23-16(2)3)10-7-11-25(15-22)18-8-12-24(13-9-18)21(28)30-17(4)5/h16,18H,4,6-15H2,1-3,5H3,(H,23,26). The molecule has 0 spiro atoms. The van der Waals surface area contributed by atoms with Gasteiger partial charge in [0.25, 0.3) is 0 Å². The lowest BCUT2D eigenvalue weighted by atomic mass is 9.76. The smallest absolute Gasteiger partial charge is 0.414 e. The van der Waals surface area contributed by atoms with Crippen molar-refractivity contribution in [2.45, 2.75) is 71.9 Å². The van der Waals surface area contributed by atoms with Crippen molar-refractivity contribution in [1.29, 1.82) is 0 Å². The largest absolute Gasteiger partial charge is 0.466 e. The molecule has 30 heavy (non-hydrogen) atoms. The fourth-order valence-corrected chi connectivity index (χ4v) is 4.45. The van der Waals surface area contributed by atoms with Crippen molar-refractivity contribution < 1.29 is 23.9 Å². The van der Waals surface area contributed by atoms with E-state index in [2.05, 4.69) is 16.8 Å². The molecule has 2 saturated heterocycles. The normalized spacial score (nSPS) is 23.2. The minimum Gasteiger partial charge on any atom is -0.466 e. The van der Waals surface area contributed by atoms with Gasteiger partial charge in [0.05, 0.1) is 17.8 Å². The first-order valence-electron chi connectivity index (χ1n) is 11.0. The molecule has 1 unspecified atom stereocenters. The van der Waals surface area contributed by atoms with Crippen LogP contribution in [0.1, 0.15) is 59.8 Å². The number of nitrogens with zero attached hydrogens (tertiary/aromatic N) is 2. The Kier molecular flexibility index (Phi) is 8.70. The predicted octanol–water partition coefficient (Wildman–Crippen LogP) is 2.68. The SMILES string of the molecule is C=C(C)OC(=O)N1CCC(N2CCCC(CC(=O)NC(C)C)(C(=O)OCC)C2)CC1. The molecule has 1 atom stereocenters. The van der Waals surface area contributed by atoms with Gasteiger partial charge in [-0.2, -0.15) is 0 Å². The van der Waals surface area contributed by atoms with Crippen molar-refractivity contribution in [1.82, 2.24) is 15.1 Å². The number of hydrogen-bond donors (Lipinski definition) is 1. The first-order chi connectivity index (χ1) is 14.2. The molecule has 2 rings (SSSR count). The highest BCUT2D eigenvalue weighted by atomic mass is 16.6. The predicted molar refractivity (Wildman–Crippen MR) is 114 cm³/mol. The van der Waals surface area contributed by atoms with Crippen molar-refractivity contribution in [3.05, 3.63) is 12.3 Å². The second-order valence-corrected chi connectivity index (χ2v) is 8.76. The van der Waals surface area contributed by atoms with Crippen molar-refractivity contribution in [2.24, 2.45) is 5.41 Å². The summed E-state index contributed by atoms with van der Waals surface area (Å²) in [5.74, 6) is -0.00890. The van der Waals surface area contributed by atoms with Crippen LogP contribution in [0, 0.1) is 5.41 Å². The number of esters is 1. The Morgan fingerprint density at radius 3 is 2.43 bits per heavy atom. The monoisotopic (exact) mass is 423 g/mol. The summed E-state index contributed by atoms with van der Waals surface area (Å²) >= 11 is 0. The van der Waals surface area contributed by atoms with Crippen LogP contribution in [0.4, 0.5) is 4.79 Å². The van der Waals surface area contributed by atoms with Crippen LogP contribution in [-0.4, -0.2) is 72.6 Å². The quantitative estimate of drug-likeness (QED) is 0.500. The van der Waals surface area contributed by atoms with Crippen molar-refractivity contribution in [3.8, 4) is 0 Å². The van der Waals surface area contributed by atoms with Crippen molar-refractivity contribution >= 4 is 18.0 Å². The van der Waals surface area contributed by atoms with Crippen LogP contribution in [0.25, 0.3) is 0 Å². The third-order valence-electron chi connectivity index (χ3n) is 5.76. The fraction of sp³-hybridized carbons (Fsp3) is 0.773. The Balaban J connectivity index is 2.04. The Bertz CT molecular complexity index is 643. The highest BCUT2D eigenvalue weighted by Crippen LogP contribution is 2.37. The molecule has 0 aromatic heterocycles. The first-order valence-corrected chi connectivity index (χ1v) is 11.0. The van der Waals surface area contributed by atoms with Gasteiger partial charge in [-0.25, -0.2) is 4.79 Å². The van der Waals surface area contributed by atoms with Crippen LogP contribution < -0.4 is 5.32 Å². The van der Waals surface area contributed by atoms with E-state index >= 15 is 0 Å². The van der Waals surface area contributed by atoms with E-state index in [1.165, 1.54) is 0 Å². The summed E-state index contributed by atoms with van der Waals surface area (Å²) in [5.41, 5.74) is -0.816. The summed E-state index contributed by atoms with van der Waals surface area (Å²) in [6, 6.07) is 0.292. The molecule has 0 aromatic rings. The van der Waals surface area contributed by atoms with E-state index in [1.54, 1.807) is 18.7 Å². The summed E-state index contributed by atoms with van der Waals surface area (Å²) in [4.78, 5) is 41.5. The Labute approximate surface area is 179 Å². The van der Waals surface area contributed by atoms with Gasteiger partial charge in [-0.15, -0.1) is 0 Å². The van der Waals surface area contributed by atoms with Gasteiger partial charge in [0.15, 0.2) is 0 Å². The van der Waals surface area contributed by atoms with E-state index in [9.17, 15) is 14.4 Å². The van der Waals surface area contributed by atoms with Crippen LogP contribution in [0.2, 0.25) is 0 Å². The minimum absolute atomic E-state index is 0.0275. The maximum absolute atomic E-state index is 12.9. The number of likely N-dealkylation sites (tertiary alicyclic amines) is 2. The summed E-state index contributed by atoms with van der Waals surface area (Å²) in [6.45, 7) is 13.8. The molecular formula is C22H37N3O5. The maximum atomic E-state index is 12.9. The van der Waals surface area contributed by atoms with Gasteiger partial charge in [0.1, 0.15) is 0 Å². The van der Waals surface area contributed by atoms with Crippen LogP contribution in [0.15, 0.2) is 12.3 Å². The first kappa shape index (κ1) is 24.2. The minimum atomic E-state index is -0.816. The van der Waals surface area contributed by atoms with Crippen LogP contribution in [-0.2, 0) is 19.1 Å². The number of hydrogen-bond acceptors (Lipinski definition) is 6. The topological polar surface area (TPSA) is 88.2 Å². The summed E-state index contributed by atoms with van der Waals surface area (Å²) in [6.07, 6.45) is 2.89. The molecular weight excluding hydrogens is 386 g/mol. The molecule has 170 valence electrons. The molecule has 2 amide bonds. The average Bonchev–Trinajstić information content (AvgIpc) is 2.67. The van der Waals surface area contributed by atoms with Gasteiger partial charge in [0, 0.05) is 38.1 Å². The Morgan fingerprint density at radius 2 is 1.87 bits per heavy atom. The maximum Gasteiger partial charge on any atom is 0.414 e. The van der Waals surface area contributed by atoms with E-state index in [4.69, 9.17) is 9.47 Å². The molecule has 2 heterocycles. The zero-order valence-electron chi connectivity index (χ0n) is 18.9. The second-order valence-electron chi connectivity index (χ2n) is 8.76. The molecule has 8 heteroatoms. The van der Waals surface area contributed by atoms with Gasteiger partial charge < -0.3 is 19.7 Å². The third kappa shape index (κ3) is 6.45. The fourth-order valence-electron chi connectivity index (χ4n) is 4.45. The summed E-state index contributed by atoms with van der Waals surface area (Å²) in [7, 11) is 0. The Hall–Kier alpha value is -2.09. The molecule has 0 bridgehead atoms. The van der Waals surface area contributed by atoms with Gasteiger partial charge in [-0.1, -0.05) is 6.58 Å². The molecule has 0 saturated carbocycles. The molecule has 0 aliphatic carbocycles. The second kappa shape index (κ2) is 10.8. The van der Waals surface area contributed by atoms with E-state index in [0.717, 1.165) is 25.8 Å². The number of carbonyl (C=O) groups excluding carboxylic acids is 3. The Morgan fingerprint density at radius 1 is 1.20 bits per heavy atom. The lowest BCUT2D eigenvalue weighted by Crippen LogP contribution is -2.56. The number of carbonyl (C=O) groups is 3. The van der Waals surface area contributed by atoms with Crippen molar-refractivity contribution in [3.63, 3.8) is 0 Å². The number of amides is 2. The van der Waals surface area contributed by atoms with E-state index < -0.39 is 5.41 Å². The molecule has 2 aliphatic rings. The number of ether oxygens (including phenoxy) is 2. The number of allylic oxidation sites excluding steroid dienone is 1. The highest BCUT2D eigenvalue weighted by Gasteiger charge is 2.46. The summed E-state index contributed by atoms with van der Waals surface area (Å²) < 4.78 is 10.5. The summed E-state index contributed by atoms with van der Waals surface area (Å²) in [5, 5.41) is 2.91.